The van der Waals surface area contributed by atoms with E-state index in [1.807, 2.05) is 13.2 Å². The zero-order chi connectivity index (χ0) is 16.4. The van der Waals surface area contributed by atoms with Gasteiger partial charge in [-0.25, -0.2) is 4.39 Å². The number of aromatic nitrogens is 3. The molecule has 23 heavy (non-hydrogen) atoms. The van der Waals surface area contributed by atoms with Gasteiger partial charge in [-0.3, -0.25) is 14.5 Å². The van der Waals surface area contributed by atoms with Gasteiger partial charge < -0.3 is 9.64 Å². The molecule has 1 unspecified atom stereocenters. The van der Waals surface area contributed by atoms with Gasteiger partial charge in [-0.1, -0.05) is 0 Å². The van der Waals surface area contributed by atoms with Crippen LogP contribution in [0.5, 0.6) is 0 Å². The average molecular weight is 318 g/mol. The van der Waals surface area contributed by atoms with Crippen molar-refractivity contribution in [1.29, 1.82) is 0 Å². The molecule has 7 heteroatoms. The first-order valence-corrected chi connectivity index (χ1v) is 7.46. The molecular formula is C16H19FN4O2. The summed E-state index contributed by atoms with van der Waals surface area (Å²) in [5, 5.41) is 4.48. The first-order valence-electron chi connectivity index (χ1n) is 7.46. The Morgan fingerprint density at radius 2 is 2.30 bits per heavy atom. The molecule has 0 saturated heterocycles. The summed E-state index contributed by atoms with van der Waals surface area (Å²) >= 11 is 0. The fourth-order valence-corrected chi connectivity index (χ4v) is 2.94. The van der Waals surface area contributed by atoms with Crippen molar-refractivity contribution < 1.29 is 13.9 Å². The van der Waals surface area contributed by atoms with Crippen LogP contribution in [0.1, 0.15) is 22.9 Å². The van der Waals surface area contributed by atoms with E-state index in [1.54, 1.807) is 22.8 Å². The lowest BCUT2D eigenvalue weighted by molar-refractivity contribution is -0.132. The Labute approximate surface area is 133 Å². The van der Waals surface area contributed by atoms with E-state index in [4.69, 9.17) is 4.74 Å². The standard InChI is InChI=1S/C16H19FN4O2/c1-20-7-11-8-21(9-12(10-23-2)16(11)19-20)15(22)5-14-4-3-13(17)6-18-14/h3-4,6-7,12H,5,8-10H2,1-2H3. The molecule has 1 aliphatic heterocycles. The third-order valence-corrected chi connectivity index (χ3v) is 3.97. The first kappa shape index (κ1) is 15.6. The van der Waals surface area contributed by atoms with E-state index in [2.05, 4.69) is 10.1 Å². The molecule has 0 spiro atoms. The first-order chi connectivity index (χ1) is 11.1. The molecule has 0 fully saturated rings. The van der Waals surface area contributed by atoms with Crippen LogP contribution in [0.2, 0.25) is 0 Å². The number of hydrogen-bond donors (Lipinski definition) is 0. The number of methoxy groups -OCH3 is 1. The van der Waals surface area contributed by atoms with Crippen LogP contribution in [0.3, 0.4) is 0 Å². The van der Waals surface area contributed by atoms with Gasteiger partial charge in [0.15, 0.2) is 0 Å². The molecule has 1 aliphatic rings. The van der Waals surface area contributed by atoms with Crippen LogP contribution in [0, 0.1) is 5.82 Å². The second-order valence-corrected chi connectivity index (χ2v) is 5.78. The number of fused-ring (bicyclic) bond motifs is 1. The van der Waals surface area contributed by atoms with E-state index in [9.17, 15) is 9.18 Å². The summed E-state index contributed by atoms with van der Waals surface area (Å²) in [6.07, 6.45) is 3.23. The molecular weight excluding hydrogens is 299 g/mol. The van der Waals surface area contributed by atoms with Gasteiger partial charge in [-0.2, -0.15) is 5.10 Å². The summed E-state index contributed by atoms with van der Waals surface area (Å²) < 4.78 is 19.9. The topological polar surface area (TPSA) is 60.2 Å². The van der Waals surface area contributed by atoms with Crippen LogP contribution in [0.4, 0.5) is 4.39 Å². The lowest BCUT2D eigenvalue weighted by Crippen LogP contribution is -2.40. The normalized spacial score (nSPS) is 17.2. The molecule has 3 heterocycles. The quantitative estimate of drug-likeness (QED) is 0.852. The van der Waals surface area contributed by atoms with Gasteiger partial charge >= 0.3 is 0 Å². The second kappa shape index (κ2) is 6.45. The van der Waals surface area contributed by atoms with E-state index >= 15 is 0 Å². The van der Waals surface area contributed by atoms with Crippen LogP contribution in [-0.4, -0.2) is 45.8 Å². The minimum Gasteiger partial charge on any atom is -0.384 e. The molecule has 0 saturated carbocycles. The highest BCUT2D eigenvalue weighted by atomic mass is 19.1. The number of ether oxygens (including phenoxy) is 1. The van der Waals surface area contributed by atoms with E-state index in [1.165, 1.54) is 6.07 Å². The van der Waals surface area contributed by atoms with Crippen LogP contribution >= 0.6 is 0 Å². The van der Waals surface area contributed by atoms with Gasteiger partial charge in [0, 0.05) is 50.6 Å². The third kappa shape index (κ3) is 3.39. The molecule has 0 N–H and O–H groups in total. The molecule has 0 aromatic carbocycles. The van der Waals surface area contributed by atoms with Gasteiger partial charge in [0.2, 0.25) is 5.91 Å². The minimum absolute atomic E-state index is 0.0280. The molecule has 0 radical (unpaired) electrons. The van der Waals surface area contributed by atoms with E-state index in [0.29, 0.717) is 25.4 Å². The van der Waals surface area contributed by atoms with Gasteiger partial charge in [0.25, 0.3) is 0 Å². The molecule has 1 amide bonds. The van der Waals surface area contributed by atoms with Crippen molar-refractivity contribution in [1.82, 2.24) is 19.7 Å². The summed E-state index contributed by atoms with van der Waals surface area (Å²) in [5.41, 5.74) is 2.61. The van der Waals surface area contributed by atoms with Crippen molar-refractivity contribution in [2.75, 3.05) is 20.3 Å². The van der Waals surface area contributed by atoms with E-state index in [-0.39, 0.29) is 18.2 Å². The number of carbonyl (C=O) groups is 1. The second-order valence-electron chi connectivity index (χ2n) is 5.78. The summed E-state index contributed by atoms with van der Waals surface area (Å²) in [5.74, 6) is -0.367. The highest BCUT2D eigenvalue weighted by Crippen LogP contribution is 2.27. The van der Waals surface area contributed by atoms with Crippen molar-refractivity contribution in [2.24, 2.45) is 7.05 Å². The number of nitrogens with zero attached hydrogens (tertiary/aromatic N) is 4. The average Bonchev–Trinajstić information content (AvgIpc) is 2.90. The summed E-state index contributed by atoms with van der Waals surface area (Å²) in [6, 6.07) is 2.86. The Morgan fingerprint density at radius 1 is 1.48 bits per heavy atom. The monoisotopic (exact) mass is 318 g/mol. The molecule has 0 bridgehead atoms. The number of hydrogen-bond acceptors (Lipinski definition) is 4. The van der Waals surface area contributed by atoms with Gasteiger partial charge in [-0.05, 0) is 12.1 Å². The summed E-state index contributed by atoms with van der Waals surface area (Å²) in [7, 11) is 3.52. The fraction of sp³-hybridized carbons (Fsp3) is 0.438. The smallest absolute Gasteiger partial charge is 0.228 e. The van der Waals surface area contributed by atoms with Crippen molar-refractivity contribution >= 4 is 5.91 Å². The largest absolute Gasteiger partial charge is 0.384 e. The van der Waals surface area contributed by atoms with Gasteiger partial charge in [-0.15, -0.1) is 0 Å². The maximum atomic E-state index is 12.9. The Morgan fingerprint density at radius 3 is 3.00 bits per heavy atom. The number of rotatable bonds is 4. The molecule has 2 aromatic rings. The highest BCUT2D eigenvalue weighted by molar-refractivity contribution is 5.78. The van der Waals surface area contributed by atoms with Crippen molar-refractivity contribution in [3.63, 3.8) is 0 Å². The van der Waals surface area contributed by atoms with Crippen LogP contribution < -0.4 is 0 Å². The Balaban J connectivity index is 1.75. The number of carbonyl (C=O) groups excluding carboxylic acids is 1. The predicted octanol–water partition coefficient (Wildman–Crippen LogP) is 1.27. The Bertz CT molecular complexity index is 699. The Kier molecular flexibility index (Phi) is 4.38. The zero-order valence-corrected chi connectivity index (χ0v) is 13.2. The van der Waals surface area contributed by atoms with E-state index < -0.39 is 5.82 Å². The summed E-state index contributed by atoms with van der Waals surface area (Å²) in [4.78, 5) is 18.3. The molecule has 122 valence electrons. The number of aryl methyl sites for hydroxylation is 1. The van der Waals surface area contributed by atoms with Crippen LogP contribution in [0.15, 0.2) is 24.5 Å². The SMILES string of the molecule is COCC1CN(C(=O)Cc2ccc(F)cn2)Cc2cn(C)nc21. The van der Waals surface area contributed by atoms with E-state index in [0.717, 1.165) is 17.5 Å². The lowest BCUT2D eigenvalue weighted by atomic mass is 9.97. The Hall–Kier alpha value is -2.28. The zero-order valence-electron chi connectivity index (χ0n) is 13.2. The maximum absolute atomic E-state index is 12.9. The molecule has 1 atom stereocenters. The minimum atomic E-state index is -0.403. The predicted molar refractivity (Wildman–Crippen MR) is 81.1 cm³/mol. The number of amides is 1. The van der Waals surface area contributed by atoms with Crippen molar-refractivity contribution in [2.45, 2.75) is 18.9 Å². The van der Waals surface area contributed by atoms with Crippen molar-refractivity contribution in [3.8, 4) is 0 Å². The molecule has 6 nitrogen and oxygen atoms in total. The van der Waals surface area contributed by atoms with Crippen LogP contribution in [-0.2, 0) is 29.5 Å². The van der Waals surface area contributed by atoms with Gasteiger partial charge in [0.05, 0.1) is 24.9 Å². The number of halogens is 1. The fourth-order valence-electron chi connectivity index (χ4n) is 2.94. The summed E-state index contributed by atoms with van der Waals surface area (Å²) in [6.45, 7) is 1.61. The lowest BCUT2D eigenvalue weighted by Gasteiger charge is -2.31. The molecule has 2 aromatic heterocycles. The number of pyridine rings is 1. The molecule has 0 aliphatic carbocycles. The third-order valence-electron chi connectivity index (χ3n) is 3.97. The highest BCUT2D eigenvalue weighted by Gasteiger charge is 2.30. The molecule has 3 rings (SSSR count). The van der Waals surface area contributed by atoms with Crippen LogP contribution in [0.25, 0.3) is 0 Å². The van der Waals surface area contributed by atoms with Crippen molar-refractivity contribution in [3.05, 3.63) is 47.3 Å². The maximum Gasteiger partial charge on any atom is 0.228 e. The van der Waals surface area contributed by atoms with Gasteiger partial charge in [0.1, 0.15) is 5.82 Å².